The molecular weight excluding hydrogens is 272 g/mol. The summed E-state index contributed by atoms with van der Waals surface area (Å²) in [6.45, 7) is 2.68. The molecular formula is C15H18N2O2S. The average Bonchev–Trinajstić information content (AvgIpc) is 2.85. The highest BCUT2D eigenvalue weighted by Crippen LogP contribution is 2.31. The van der Waals surface area contributed by atoms with Crippen LogP contribution in [0.3, 0.4) is 0 Å². The van der Waals surface area contributed by atoms with Crippen molar-refractivity contribution in [2.75, 3.05) is 13.1 Å². The number of carboxylic acid groups (broad SMARTS) is 1. The molecule has 2 aromatic rings. The molecule has 0 radical (unpaired) electrons. The van der Waals surface area contributed by atoms with Gasteiger partial charge in [-0.3, -0.25) is 5.43 Å². The number of carbonyl (C=O) groups is 1. The van der Waals surface area contributed by atoms with Gasteiger partial charge in [-0.15, -0.1) is 11.3 Å². The second-order valence-corrected chi connectivity index (χ2v) is 6.15. The lowest BCUT2D eigenvalue weighted by molar-refractivity contribution is 0.0700. The van der Waals surface area contributed by atoms with Crippen LogP contribution in [0.1, 0.15) is 34.5 Å². The highest BCUT2D eigenvalue weighted by atomic mass is 32.1. The first-order chi connectivity index (χ1) is 9.75. The van der Waals surface area contributed by atoms with Gasteiger partial charge < -0.3 is 5.11 Å². The lowest BCUT2D eigenvalue weighted by Crippen LogP contribution is -2.41. The maximum Gasteiger partial charge on any atom is 0.346 e. The number of piperidine rings is 1. The second kappa shape index (κ2) is 5.91. The summed E-state index contributed by atoms with van der Waals surface area (Å²) < 4.78 is 1.04. The van der Waals surface area contributed by atoms with E-state index in [1.807, 2.05) is 24.3 Å². The van der Waals surface area contributed by atoms with Gasteiger partial charge in [0.15, 0.2) is 0 Å². The number of hydrazine groups is 1. The number of aromatic carboxylic acids is 1. The molecule has 2 heterocycles. The predicted molar refractivity (Wildman–Crippen MR) is 81.0 cm³/mol. The van der Waals surface area contributed by atoms with Crippen LogP contribution in [-0.4, -0.2) is 29.2 Å². The minimum Gasteiger partial charge on any atom is -0.477 e. The minimum absolute atomic E-state index is 0.454. The molecule has 0 spiro atoms. The molecule has 0 bridgehead atoms. The number of hydrogen-bond acceptors (Lipinski definition) is 4. The maximum absolute atomic E-state index is 11.4. The molecule has 0 amide bonds. The molecule has 106 valence electrons. The Labute approximate surface area is 122 Å². The van der Waals surface area contributed by atoms with Crippen LogP contribution >= 0.6 is 11.3 Å². The van der Waals surface area contributed by atoms with Crippen molar-refractivity contribution in [3.8, 4) is 0 Å². The molecule has 1 aliphatic rings. The topological polar surface area (TPSA) is 52.6 Å². The smallest absolute Gasteiger partial charge is 0.346 e. The first-order valence-corrected chi connectivity index (χ1v) is 7.79. The summed E-state index contributed by atoms with van der Waals surface area (Å²) in [5.41, 5.74) is 4.29. The van der Waals surface area contributed by atoms with Gasteiger partial charge in [0.2, 0.25) is 0 Å². The Balaban J connectivity index is 1.84. The Morgan fingerprint density at radius 3 is 2.75 bits per heavy atom. The van der Waals surface area contributed by atoms with Crippen molar-refractivity contribution in [1.29, 1.82) is 0 Å². The van der Waals surface area contributed by atoms with E-state index in [0.29, 0.717) is 11.4 Å². The molecule has 20 heavy (non-hydrogen) atoms. The predicted octanol–water partition coefficient (Wildman–Crippen LogP) is 3.09. The average molecular weight is 290 g/mol. The van der Waals surface area contributed by atoms with E-state index in [9.17, 15) is 9.90 Å². The third kappa shape index (κ3) is 2.70. The van der Waals surface area contributed by atoms with Gasteiger partial charge in [0.25, 0.3) is 0 Å². The summed E-state index contributed by atoms with van der Waals surface area (Å²) in [6, 6.07) is 7.90. The molecule has 1 saturated heterocycles. The maximum atomic E-state index is 11.4. The number of thiophene rings is 1. The number of hydrogen-bond donors (Lipinski definition) is 2. The molecule has 1 fully saturated rings. The van der Waals surface area contributed by atoms with Crippen LogP contribution in [0, 0.1) is 0 Å². The SMILES string of the molecule is O=C(O)c1sc2ccccc2c1CNN1CCCCC1. The van der Waals surface area contributed by atoms with Crippen molar-refractivity contribution in [3.63, 3.8) is 0 Å². The third-order valence-corrected chi connectivity index (χ3v) is 4.93. The molecule has 0 atom stereocenters. The molecule has 0 aliphatic carbocycles. The Kier molecular flexibility index (Phi) is 4.00. The zero-order valence-electron chi connectivity index (χ0n) is 11.3. The fourth-order valence-electron chi connectivity index (χ4n) is 2.69. The molecule has 0 saturated carbocycles. The molecule has 1 aromatic heterocycles. The quantitative estimate of drug-likeness (QED) is 0.908. The van der Waals surface area contributed by atoms with Gasteiger partial charge in [-0.25, -0.2) is 9.80 Å². The van der Waals surface area contributed by atoms with Crippen LogP contribution in [0.2, 0.25) is 0 Å². The van der Waals surface area contributed by atoms with Crippen molar-refractivity contribution in [2.24, 2.45) is 0 Å². The van der Waals surface area contributed by atoms with E-state index in [2.05, 4.69) is 10.4 Å². The number of nitrogens with zero attached hydrogens (tertiary/aromatic N) is 1. The molecule has 5 heteroatoms. The Morgan fingerprint density at radius 1 is 1.25 bits per heavy atom. The largest absolute Gasteiger partial charge is 0.477 e. The van der Waals surface area contributed by atoms with Crippen molar-refractivity contribution in [1.82, 2.24) is 10.4 Å². The molecule has 1 aliphatic heterocycles. The summed E-state index contributed by atoms with van der Waals surface area (Å²) >= 11 is 1.36. The zero-order valence-corrected chi connectivity index (χ0v) is 12.1. The van der Waals surface area contributed by atoms with E-state index in [4.69, 9.17) is 0 Å². The van der Waals surface area contributed by atoms with Gasteiger partial charge in [0, 0.05) is 29.9 Å². The van der Waals surface area contributed by atoms with Crippen molar-refractivity contribution in [2.45, 2.75) is 25.8 Å². The normalized spacial score (nSPS) is 16.6. The van der Waals surface area contributed by atoms with Crippen LogP contribution in [-0.2, 0) is 6.54 Å². The standard InChI is InChI=1S/C15H18N2O2S/c18-15(19)14-12(10-16-17-8-4-1-5-9-17)11-6-2-3-7-13(11)20-14/h2-3,6-7,16H,1,4-5,8-10H2,(H,18,19). The molecule has 2 N–H and O–H groups in total. The van der Waals surface area contributed by atoms with Crippen LogP contribution in [0.15, 0.2) is 24.3 Å². The number of rotatable bonds is 4. The summed E-state index contributed by atoms with van der Waals surface area (Å²) in [5, 5.41) is 12.6. The van der Waals surface area contributed by atoms with Crippen molar-refractivity contribution in [3.05, 3.63) is 34.7 Å². The number of fused-ring (bicyclic) bond motifs is 1. The van der Waals surface area contributed by atoms with Gasteiger partial charge in [0.05, 0.1) is 0 Å². The zero-order chi connectivity index (χ0) is 13.9. The molecule has 0 unspecified atom stereocenters. The lowest BCUT2D eigenvalue weighted by atomic mass is 10.1. The highest BCUT2D eigenvalue weighted by Gasteiger charge is 2.18. The van der Waals surface area contributed by atoms with Gasteiger partial charge in [-0.1, -0.05) is 24.6 Å². The van der Waals surface area contributed by atoms with Gasteiger partial charge in [-0.2, -0.15) is 0 Å². The monoisotopic (exact) mass is 290 g/mol. The minimum atomic E-state index is -0.832. The van der Waals surface area contributed by atoms with Gasteiger partial charge in [-0.05, 0) is 24.3 Å². The van der Waals surface area contributed by atoms with Crippen LogP contribution in [0.4, 0.5) is 0 Å². The van der Waals surface area contributed by atoms with Gasteiger partial charge in [0.1, 0.15) is 4.88 Å². The third-order valence-electron chi connectivity index (χ3n) is 3.73. The van der Waals surface area contributed by atoms with E-state index in [1.165, 1.54) is 30.6 Å². The second-order valence-electron chi connectivity index (χ2n) is 5.09. The molecule has 1 aromatic carbocycles. The highest BCUT2D eigenvalue weighted by molar-refractivity contribution is 7.21. The van der Waals surface area contributed by atoms with Crippen LogP contribution in [0.25, 0.3) is 10.1 Å². The first kappa shape index (κ1) is 13.5. The summed E-state index contributed by atoms with van der Waals surface area (Å²) in [7, 11) is 0. The number of carboxylic acids is 1. The van der Waals surface area contributed by atoms with E-state index in [1.54, 1.807) is 0 Å². The number of benzene rings is 1. The van der Waals surface area contributed by atoms with E-state index >= 15 is 0 Å². The molecule has 3 rings (SSSR count). The number of nitrogens with one attached hydrogen (secondary N) is 1. The Bertz CT molecular complexity index is 617. The van der Waals surface area contributed by atoms with Gasteiger partial charge >= 0.3 is 5.97 Å². The van der Waals surface area contributed by atoms with Crippen LogP contribution in [0.5, 0.6) is 0 Å². The van der Waals surface area contributed by atoms with E-state index < -0.39 is 5.97 Å². The Morgan fingerprint density at radius 2 is 2.00 bits per heavy atom. The first-order valence-electron chi connectivity index (χ1n) is 6.98. The van der Waals surface area contributed by atoms with E-state index in [-0.39, 0.29) is 0 Å². The van der Waals surface area contributed by atoms with Crippen molar-refractivity contribution < 1.29 is 9.90 Å². The lowest BCUT2D eigenvalue weighted by Gasteiger charge is -2.27. The van der Waals surface area contributed by atoms with Crippen molar-refractivity contribution >= 4 is 27.4 Å². The summed E-state index contributed by atoms with van der Waals surface area (Å²) in [5.74, 6) is -0.832. The summed E-state index contributed by atoms with van der Waals surface area (Å²) in [4.78, 5) is 11.9. The fourth-order valence-corrected chi connectivity index (χ4v) is 3.75. The summed E-state index contributed by atoms with van der Waals surface area (Å²) in [6.07, 6.45) is 3.71. The Hall–Kier alpha value is -1.43. The van der Waals surface area contributed by atoms with Crippen LogP contribution < -0.4 is 5.43 Å². The van der Waals surface area contributed by atoms with E-state index in [0.717, 1.165) is 28.7 Å². The fraction of sp³-hybridized carbons (Fsp3) is 0.400. The molecule has 4 nitrogen and oxygen atoms in total.